The Morgan fingerprint density at radius 2 is 1.92 bits per heavy atom. The second kappa shape index (κ2) is 8.12. The number of ether oxygens (including phenoxy) is 2. The summed E-state index contributed by atoms with van der Waals surface area (Å²) < 4.78 is 11.7. The lowest BCUT2D eigenvalue weighted by Gasteiger charge is -2.18. The first-order valence-corrected chi connectivity index (χ1v) is 9.54. The molecule has 5 heteroatoms. The summed E-state index contributed by atoms with van der Waals surface area (Å²) in [5, 5.41) is 0. The lowest BCUT2D eigenvalue weighted by molar-refractivity contribution is -0.131. The van der Waals surface area contributed by atoms with Crippen LogP contribution in [0.15, 0.2) is 46.9 Å². The number of hydrogen-bond acceptors (Lipinski definition) is 3. The van der Waals surface area contributed by atoms with Gasteiger partial charge in [-0.3, -0.25) is 4.79 Å². The molecule has 2 aromatic rings. The first-order chi connectivity index (χ1) is 12.5. The normalized spacial score (nSPS) is 18.3. The fourth-order valence-electron chi connectivity index (χ4n) is 3.30. The van der Waals surface area contributed by atoms with Crippen molar-refractivity contribution in [1.29, 1.82) is 0 Å². The summed E-state index contributed by atoms with van der Waals surface area (Å²) in [4.78, 5) is 14.5. The summed E-state index contributed by atoms with van der Waals surface area (Å²) >= 11 is 3.50. The highest BCUT2D eigenvalue weighted by Crippen LogP contribution is 2.48. The van der Waals surface area contributed by atoms with E-state index in [4.69, 9.17) is 9.47 Å². The van der Waals surface area contributed by atoms with Crippen LogP contribution in [0.3, 0.4) is 0 Å². The van der Waals surface area contributed by atoms with Gasteiger partial charge in [-0.25, -0.2) is 0 Å². The van der Waals surface area contributed by atoms with Crippen molar-refractivity contribution in [1.82, 2.24) is 4.90 Å². The number of methoxy groups -OCH3 is 2. The molecular weight excluding hydrogens is 394 g/mol. The number of halogens is 1. The van der Waals surface area contributed by atoms with Crippen LogP contribution in [-0.4, -0.2) is 38.6 Å². The van der Waals surface area contributed by atoms with Crippen molar-refractivity contribution in [2.45, 2.75) is 18.8 Å². The molecule has 1 amide bonds. The van der Waals surface area contributed by atoms with Crippen molar-refractivity contribution in [2.75, 3.05) is 27.8 Å². The average Bonchev–Trinajstić information content (AvgIpc) is 3.46. The van der Waals surface area contributed by atoms with Crippen LogP contribution in [0, 0.1) is 5.92 Å². The van der Waals surface area contributed by atoms with Crippen molar-refractivity contribution >= 4 is 21.8 Å². The molecule has 2 aromatic carbocycles. The van der Waals surface area contributed by atoms with Crippen molar-refractivity contribution in [3.63, 3.8) is 0 Å². The predicted molar refractivity (Wildman–Crippen MR) is 106 cm³/mol. The smallest absolute Gasteiger partial charge is 0.226 e. The number of likely N-dealkylation sites (N-methyl/N-ethyl adjacent to an activating group) is 1. The number of nitrogens with zero attached hydrogens (tertiary/aromatic N) is 1. The topological polar surface area (TPSA) is 38.8 Å². The quantitative estimate of drug-likeness (QED) is 0.674. The van der Waals surface area contributed by atoms with E-state index in [0.29, 0.717) is 12.5 Å². The second-order valence-electron chi connectivity index (χ2n) is 6.70. The number of carbonyl (C=O) groups excluding carboxylic acids is 1. The molecule has 0 bridgehead atoms. The van der Waals surface area contributed by atoms with Crippen LogP contribution < -0.4 is 9.47 Å². The zero-order valence-electron chi connectivity index (χ0n) is 15.4. The van der Waals surface area contributed by atoms with E-state index in [1.54, 1.807) is 14.2 Å². The fraction of sp³-hybridized carbons (Fsp3) is 0.381. The molecule has 26 heavy (non-hydrogen) atoms. The maximum atomic E-state index is 12.7. The molecule has 138 valence electrons. The molecule has 1 saturated carbocycles. The van der Waals surface area contributed by atoms with E-state index in [1.165, 1.54) is 5.56 Å². The number of hydrogen-bond donors (Lipinski definition) is 0. The van der Waals surface area contributed by atoms with Crippen molar-refractivity contribution < 1.29 is 14.3 Å². The minimum atomic E-state index is 0.111. The Kier molecular flexibility index (Phi) is 5.87. The van der Waals surface area contributed by atoms with E-state index in [-0.39, 0.29) is 11.8 Å². The maximum absolute atomic E-state index is 12.7. The van der Waals surface area contributed by atoms with E-state index in [2.05, 4.69) is 28.1 Å². The largest absolute Gasteiger partial charge is 0.493 e. The molecule has 0 N–H and O–H groups in total. The van der Waals surface area contributed by atoms with Gasteiger partial charge in [-0.15, -0.1) is 0 Å². The number of amides is 1. The molecule has 2 unspecified atom stereocenters. The highest BCUT2D eigenvalue weighted by Gasteiger charge is 2.45. The Morgan fingerprint density at radius 1 is 1.15 bits per heavy atom. The molecule has 1 aliphatic carbocycles. The average molecular weight is 418 g/mol. The first-order valence-electron chi connectivity index (χ1n) is 8.75. The lowest BCUT2D eigenvalue weighted by atomic mass is 10.1. The van der Waals surface area contributed by atoms with Crippen molar-refractivity contribution in [3.05, 3.63) is 58.1 Å². The zero-order chi connectivity index (χ0) is 18.7. The molecule has 0 aliphatic heterocycles. The Bertz CT molecular complexity index is 793. The van der Waals surface area contributed by atoms with Crippen LogP contribution in [0.5, 0.6) is 11.5 Å². The van der Waals surface area contributed by atoms with Crippen LogP contribution in [-0.2, 0) is 11.2 Å². The minimum absolute atomic E-state index is 0.111. The van der Waals surface area contributed by atoms with Gasteiger partial charge in [-0.05, 0) is 54.2 Å². The van der Waals surface area contributed by atoms with Crippen LogP contribution in [0.1, 0.15) is 23.5 Å². The molecule has 1 aliphatic rings. The van der Waals surface area contributed by atoms with E-state index in [0.717, 1.165) is 34.4 Å². The Balaban J connectivity index is 1.56. The molecule has 3 rings (SSSR count). The lowest BCUT2D eigenvalue weighted by Crippen LogP contribution is -2.30. The Labute approximate surface area is 163 Å². The molecule has 4 nitrogen and oxygen atoms in total. The number of carbonyl (C=O) groups is 1. The number of benzene rings is 2. The third kappa shape index (κ3) is 4.21. The highest BCUT2D eigenvalue weighted by atomic mass is 79.9. The third-order valence-electron chi connectivity index (χ3n) is 4.94. The molecule has 0 radical (unpaired) electrons. The molecule has 0 aromatic heterocycles. The third-order valence-corrected chi connectivity index (χ3v) is 5.44. The summed E-state index contributed by atoms with van der Waals surface area (Å²) in [6, 6.07) is 14.1. The second-order valence-corrected chi connectivity index (χ2v) is 7.62. The van der Waals surface area contributed by atoms with Crippen LogP contribution in [0.25, 0.3) is 0 Å². The molecule has 0 spiro atoms. The van der Waals surface area contributed by atoms with Gasteiger partial charge in [0.25, 0.3) is 0 Å². The summed E-state index contributed by atoms with van der Waals surface area (Å²) in [6.45, 7) is 0.690. The Hall–Kier alpha value is -2.01. The van der Waals surface area contributed by atoms with E-state index in [9.17, 15) is 4.79 Å². The molecule has 1 fully saturated rings. The van der Waals surface area contributed by atoms with E-state index >= 15 is 0 Å². The highest BCUT2D eigenvalue weighted by molar-refractivity contribution is 9.10. The van der Waals surface area contributed by atoms with Gasteiger partial charge in [0, 0.05) is 24.0 Å². The SMILES string of the molecule is COc1ccc(CCN(C)C(=O)C2CC2c2cccc(Br)c2)cc1OC. The molecular formula is C21H24BrNO3. The number of rotatable bonds is 7. The van der Waals surface area contributed by atoms with Gasteiger partial charge in [0.05, 0.1) is 14.2 Å². The monoisotopic (exact) mass is 417 g/mol. The van der Waals surface area contributed by atoms with E-state index < -0.39 is 0 Å². The summed E-state index contributed by atoms with van der Waals surface area (Å²) in [7, 11) is 5.15. The van der Waals surface area contributed by atoms with Crippen LogP contribution in [0.2, 0.25) is 0 Å². The van der Waals surface area contributed by atoms with Gasteiger partial charge in [0.2, 0.25) is 5.91 Å². The molecule has 0 saturated heterocycles. The van der Waals surface area contributed by atoms with Gasteiger partial charge < -0.3 is 14.4 Å². The maximum Gasteiger partial charge on any atom is 0.226 e. The van der Waals surface area contributed by atoms with Gasteiger partial charge in [0.1, 0.15) is 0 Å². The van der Waals surface area contributed by atoms with Crippen LogP contribution >= 0.6 is 15.9 Å². The fourth-order valence-corrected chi connectivity index (χ4v) is 3.72. The molecule has 0 heterocycles. The predicted octanol–water partition coefficient (Wildman–Crippen LogP) is 4.27. The van der Waals surface area contributed by atoms with Gasteiger partial charge >= 0.3 is 0 Å². The summed E-state index contributed by atoms with van der Waals surface area (Å²) in [5.74, 6) is 2.13. The van der Waals surface area contributed by atoms with Gasteiger partial charge in [0.15, 0.2) is 11.5 Å². The first kappa shape index (κ1) is 18.8. The molecule has 2 atom stereocenters. The summed E-state index contributed by atoms with van der Waals surface area (Å²) in [6.07, 6.45) is 1.73. The van der Waals surface area contributed by atoms with Gasteiger partial charge in [-0.2, -0.15) is 0 Å². The van der Waals surface area contributed by atoms with E-state index in [1.807, 2.05) is 42.3 Å². The van der Waals surface area contributed by atoms with Gasteiger partial charge in [-0.1, -0.05) is 34.1 Å². The summed E-state index contributed by atoms with van der Waals surface area (Å²) in [5.41, 5.74) is 2.37. The standard InChI is InChI=1S/C21H24BrNO3/c1-23(10-9-14-7-8-19(25-2)20(11-14)26-3)21(24)18-13-17(18)15-5-4-6-16(22)12-15/h4-8,11-12,17-18H,9-10,13H2,1-3H3. The van der Waals surface area contributed by atoms with Crippen molar-refractivity contribution in [2.24, 2.45) is 5.92 Å². The Morgan fingerprint density at radius 3 is 2.62 bits per heavy atom. The van der Waals surface area contributed by atoms with Crippen LogP contribution in [0.4, 0.5) is 0 Å². The van der Waals surface area contributed by atoms with Crippen molar-refractivity contribution in [3.8, 4) is 11.5 Å². The minimum Gasteiger partial charge on any atom is -0.493 e. The zero-order valence-corrected chi connectivity index (χ0v) is 17.0.